The lowest BCUT2D eigenvalue weighted by molar-refractivity contribution is 0.841. The predicted molar refractivity (Wildman–Crippen MR) is 52.8 cm³/mol. The van der Waals surface area contributed by atoms with Gasteiger partial charge in [0.15, 0.2) is 0 Å². The number of hydrogen-bond acceptors (Lipinski definition) is 0. The van der Waals surface area contributed by atoms with Crippen LogP contribution in [0.15, 0.2) is 0 Å². The summed E-state index contributed by atoms with van der Waals surface area (Å²) in [6.07, 6.45) is 0. The maximum absolute atomic E-state index is 3.50. The maximum Gasteiger partial charge on any atom is 0.0855 e. The molecule has 0 aromatic rings. The smallest absolute Gasteiger partial charge is 0.0855 e. The van der Waals surface area contributed by atoms with Gasteiger partial charge in [0.1, 0.15) is 0 Å². The minimum atomic E-state index is 0.104. The zero-order valence-corrected chi connectivity index (χ0v) is 10.6. The van der Waals surface area contributed by atoms with E-state index in [0.717, 1.165) is 5.33 Å². The third-order valence-electron chi connectivity index (χ3n) is 0.716. The summed E-state index contributed by atoms with van der Waals surface area (Å²) in [4.78, 5) is 0. The molecule has 0 N–H and O–H groups in total. The Hall–Kier alpha value is 1.92. The fourth-order valence-corrected chi connectivity index (χ4v) is 1.57. The molecule has 4 heteroatoms. The molecule has 0 aromatic carbocycles. The molecule has 0 rings (SSSR count). The normalized spacial score (nSPS) is 18.8. The van der Waals surface area contributed by atoms with E-state index in [1.165, 1.54) is 0 Å². The van der Waals surface area contributed by atoms with Crippen LogP contribution in [-0.4, -0.2) is 13.4 Å². The summed E-state index contributed by atoms with van der Waals surface area (Å²) in [5.41, 5.74) is 0. The molecule has 0 aromatic heterocycles. The van der Waals surface area contributed by atoms with E-state index in [-0.39, 0.29) is 4.32 Å². The highest BCUT2D eigenvalue weighted by atomic mass is 79.9. The zero-order valence-electron chi connectivity index (χ0n) is 4.30. The molecule has 1 atom stereocenters. The molecule has 0 aliphatic rings. The van der Waals surface area contributed by atoms with Gasteiger partial charge in [-0.2, -0.15) is 0 Å². The lowest BCUT2D eigenvalue weighted by Crippen LogP contribution is -2.24. The molecule has 0 heterocycles. The lowest BCUT2D eigenvalue weighted by atomic mass is 10.3. The van der Waals surface area contributed by atoms with Gasteiger partial charge in [-0.25, -0.2) is 0 Å². The second-order valence-corrected chi connectivity index (χ2v) is 7.14. The fraction of sp³-hybridized carbons (Fsp3) is 1.00. The van der Waals surface area contributed by atoms with Crippen molar-refractivity contribution in [2.24, 2.45) is 0 Å². The molecule has 0 saturated heterocycles. The molecular weight excluding hydrogens is 368 g/mol. The van der Waals surface area contributed by atoms with Crippen LogP contribution in [0.3, 0.4) is 0 Å². The summed E-state index contributed by atoms with van der Waals surface area (Å²) in [5, 5.41) is 0.918. The molecule has 0 radical (unpaired) electrons. The van der Waals surface area contributed by atoms with Gasteiger partial charge in [-0.15, -0.1) is 0 Å². The van der Waals surface area contributed by atoms with Gasteiger partial charge in [0.05, 0.1) is 8.06 Å². The van der Waals surface area contributed by atoms with Crippen molar-refractivity contribution < 1.29 is 0 Å². The van der Waals surface area contributed by atoms with Crippen molar-refractivity contribution in [2.45, 2.75) is 15.0 Å². The van der Waals surface area contributed by atoms with E-state index in [0.29, 0.717) is 3.74 Å². The molecule has 0 aliphatic carbocycles. The Bertz CT molecular complexity index is 68.4. The third-order valence-corrected chi connectivity index (χ3v) is 6.62. The Morgan fingerprint density at radius 2 is 1.88 bits per heavy atom. The van der Waals surface area contributed by atoms with Crippen molar-refractivity contribution in [1.82, 2.24) is 0 Å². The van der Waals surface area contributed by atoms with E-state index >= 15 is 0 Å². The first-order valence-corrected chi connectivity index (χ1v) is 5.78. The van der Waals surface area contributed by atoms with Crippen LogP contribution in [0.5, 0.6) is 0 Å². The first kappa shape index (κ1) is 9.92. The van der Waals surface area contributed by atoms with Crippen LogP contribution in [-0.2, 0) is 0 Å². The summed E-state index contributed by atoms with van der Waals surface area (Å²) >= 11 is 13.7. The first-order valence-electron chi connectivity index (χ1n) is 2.03. The lowest BCUT2D eigenvalue weighted by Gasteiger charge is -2.20. The molecule has 0 aliphatic heterocycles. The molecule has 0 nitrogen and oxygen atoms in total. The highest BCUT2D eigenvalue weighted by Crippen LogP contribution is 2.33. The molecule has 50 valence electrons. The van der Waals surface area contributed by atoms with E-state index in [2.05, 4.69) is 70.6 Å². The summed E-state index contributed by atoms with van der Waals surface area (Å²) in [5.74, 6) is 0. The van der Waals surface area contributed by atoms with Crippen LogP contribution in [0.2, 0.25) is 0 Å². The average molecular weight is 374 g/mol. The maximum atomic E-state index is 3.50. The Labute approximate surface area is 83.3 Å². The van der Waals surface area contributed by atoms with Gasteiger partial charge in [-0.3, -0.25) is 0 Å². The van der Waals surface area contributed by atoms with Crippen LogP contribution in [0.1, 0.15) is 6.92 Å². The minimum absolute atomic E-state index is 0.104. The standard InChI is InChI=1S/C4H6Br4/c1-4(8,2-5)3(6)7/h3H,2H2,1H3/t4-/m0/s1. The van der Waals surface area contributed by atoms with Gasteiger partial charge < -0.3 is 0 Å². The van der Waals surface area contributed by atoms with Crippen LogP contribution < -0.4 is 0 Å². The summed E-state index contributed by atoms with van der Waals surface area (Å²) in [6.45, 7) is 2.09. The second-order valence-electron chi connectivity index (χ2n) is 1.71. The van der Waals surface area contributed by atoms with Crippen molar-refractivity contribution in [3.63, 3.8) is 0 Å². The van der Waals surface area contributed by atoms with Gasteiger partial charge >= 0.3 is 0 Å². The highest BCUT2D eigenvalue weighted by Gasteiger charge is 2.25. The molecule has 8 heavy (non-hydrogen) atoms. The predicted octanol–water partition coefficient (Wildman–Crippen LogP) is 3.65. The molecule has 0 unspecified atom stereocenters. The Morgan fingerprint density at radius 1 is 1.50 bits per heavy atom. The SMILES string of the molecule is C[C@](Br)(CBr)C(Br)Br. The minimum Gasteiger partial charge on any atom is -0.0912 e. The van der Waals surface area contributed by atoms with Gasteiger partial charge in [-0.05, 0) is 6.92 Å². The van der Waals surface area contributed by atoms with Crippen molar-refractivity contribution >= 4 is 63.7 Å². The van der Waals surface area contributed by atoms with Crippen LogP contribution in [0.4, 0.5) is 0 Å². The van der Waals surface area contributed by atoms with E-state index in [1.54, 1.807) is 0 Å². The van der Waals surface area contributed by atoms with E-state index < -0.39 is 0 Å². The van der Waals surface area contributed by atoms with E-state index in [1.807, 2.05) is 0 Å². The first-order chi connectivity index (χ1) is 3.50. The molecule has 0 amide bonds. The Kier molecular flexibility index (Phi) is 4.88. The number of alkyl halides is 4. The Balaban J connectivity index is 3.71. The highest BCUT2D eigenvalue weighted by molar-refractivity contribution is 9.25. The molecular formula is C4H6Br4. The van der Waals surface area contributed by atoms with Gasteiger partial charge in [-0.1, -0.05) is 63.7 Å². The third kappa shape index (κ3) is 3.18. The molecule has 0 bridgehead atoms. The monoisotopic (exact) mass is 370 g/mol. The number of hydrogen-bond donors (Lipinski definition) is 0. The largest absolute Gasteiger partial charge is 0.0912 e. The van der Waals surface area contributed by atoms with Crippen LogP contribution in [0.25, 0.3) is 0 Å². The molecule has 0 spiro atoms. The van der Waals surface area contributed by atoms with Gasteiger partial charge in [0.25, 0.3) is 0 Å². The summed E-state index contributed by atoms with van der Waals surface area (Å²) in [7, 11) is 0. The van der Waals surface area contributed by atoms with Crippen molar-refractivity contribution in [3.05, 3.63) is 0 Å². The van der Waals surface area contributed by atoms with Crippen molar-refractivity contribution in [2.75, 3.05) is 5.33 Å². The van der Waals surface area contributed by atoms with Crippen molar-refractivity contribution in [1.29, 1.82) is 0 Å². The summed E-state index contributed by atoms with van der Waals surface area (Å²) in [6, 6.07) is 0. The second kappa shape index (κ2) is 3.94. The zero-order chi connectivity index (χ0) is 6.78. The fourth-order valence-electron chi connectivity index (χ4n) is 0.0583. The number of halogens is 4. The van der Waals surface area contributed by atoms with Crippen LogP contribution in [0, 0.1) is 0 Å². The summed E-state index contributed by atoms with van der Waals surface area (Å²) < 4.78 is 0.411. The van der Waals surface area contributed by atoms with E-state index in [9.17, 15) is 0 Å². The van der Waals surface area contributed by atoms with E-state index in [4.69, 9.17) is 0 Å². The average Bonchev–Trinajstić information content (AvgIpc) is 1.67. The number of rotatable bonds is 2. The van der Waals surface area contributed by atoms with Crippen LogP contribution >= 0.6 is 63.7 Å². The quantitative estimate of drug-likeness (QED) is 0.648. The molecule has 0 fully saturated rings. The van der Waals surface area contributed by atoms with Gasteiger partial charge in [0, 0.05) is 5.33 Å². The van der Waals surface area contributed by atoms with Gasteiger partial charge in [0.2, 0.25) is 0 Å². The van der Waals surface area contributed by atoms with Crippen molar-refractivity contribution in [3.8, 4) is 0 Å². The Morgan fingerprint density at radius 3 is 1.88 bits per heavy atom. The molecule has 0 saturated carbocycles. The topological polar surface area (TPSA) is 0 Å².